The number of amides is 2. The number of thioether (sulfide) groups is 1. The Hall–Kier alpha value is -0.910. The monoisotopic (exact) mass is 334 g/mol. The van der Waals surface area contributed by atoms with Crippen molar-refractivity contribution in [2.45, 2.75) is 12.7 Å². The zero-order chi connectivity index (χ0) is 15.0. The van der Waals surface area contributed by atoms with Gasteiger partial charge in [-0.15, -0.1) is 11.8 Å². The third kappa shape index (κ3) is 6.50. The molecule has 7 heteroatoms. The van der Waals surface area contributed by atoms with Crippen molar-refractivity contribution in [2.24, 2.45) is 0 Å². The highest BCUT2D eigenvalue weighted by molar-refractivity contribution is 7.99. The molecule has 0 radical (unpaired) electrons. The fraction of sp³-hybridized carbons (Fsp3) is 0.385. The van der Waals surface area contributed by atoms with Crippen LogP contribution in [-0.2, 0) is 15.3 Å². The van der Waals surface area contributed by atoms with E-state index < -0.39 is 0 Å². The Balaban J connectivity index is 2.26. The summed E-state index contributed by atoms with van der Waals surface area (Å²) in [6, 6.07) is 5.27. The van der Waals surface area contributed by atoms with Gasteiger partial charge in [0.15, 0.2) is 0 Å². The molecule has 0 bridgehead atoms. The van der Waals surface area contributed by atoms with Crippen LogP contribution in [0.5, 0.6) is 0 Å². The highest BCUT2D eigenvalue weighted by Crippen LogP contribution is 2.24. The summed E-state index contributed by atoms with van der Waals surface area (Å²) >= 11 is 13.3. The van der Waals surface area contributed by atoms with Gasteiger partial charge in [-0.2, -0.15) is 0 Å². The first-order valence-electron chi connectivity index (χ1n) is 6.08. The van der Waals surface area contributed by atoms with E-state index in [2.05, 4.69) is 10.6 Å². The fourth-order valence-corrected chi connectivity index (χ4v) is 2.80. The van der Waals surface area contributed by atoms with E-state index in [0.717, 1.165) is 5.56 Å². The number of carbonyl (C=O) groups is 2. The number of rotatable bonds is 7. The molecule has 4 nitrogen and oxygen atoms in total. The first-order valence-corrected chi connectivity index (χ1v) is 7.99. The van der Waals surface area contributed by atoms with Crippen molar-refractivity contribution >= 4 is 46.8 Å². The van der Waals surface area contributed by atoms with E-state index in [1.54, 1.807) is 12.1 Å². The second-order valence-corrected chi connectivity index (χ2v) is 5.79. The van der Waals surface area contributed by atoms with Crippen LogP contribution in [0.15, 0.2) is 18.2 Å². The van der Waals surface area contributed by atoms with Gasteiger partial charge < -0.3 is 10.6 Å². The molecule has 0 saturated heterocycles. The molecule has 110 valence electrons. The molecule has 0 unspecified atom stereocenters. The predicted octanol–water partition coefficient (Wildman–Crippen LogP) is 2.48. The van der Waals surface area contributed by atoms with E-state index in [4.69, 9.17) is 23.2 Å². The van der Waals surface area contributed by atoms with Crippen LogP contribution in [-0.4, -0.2) is 30.7 Å². The van der Waals surface area contributed by atoms with Crippen LogP contribution in [0.2, 0.25) is 10.0 Å². The van der Waals surface area contributed by atoms with E-state index in [1.165, 1.54) is 11.8 Å². The molecule has 1 aromatic rings. The normalized spacial score (nSPS) is 10.2. The van der Waals surface area contributed by atoms with Crippen molar-refractivity contribution in [1.82, 2.24) is 10.6 Å². The molecule has 0 aliphatic rings. The Morgan fingerprint density at radius 3 is 2.60 bits per heavy atom. The van der Waals surface area contributed by atoms with Crippen LogP contribution in [0.25, 0.3) is 0 Å². The van der Waals surface area contributed by atoms with Crippen molar-refractivity contribution in [3.8, 4) is 0 Å². The van der Waals surface area contributed by atoms with Gasteiger partial charge in [-0.25, -0.2) is 0 Å². The molecule has 0 heterocycles. The van der Waals surface area contributed by atoms with Crippen LogP contribution in [0.4, 0.5) is 0 Å². The van der Waals surface area contributed by atoms with Crippen molar-refractivity contribution < 1.29 is 9.59 Å². The fourth-order valence-electron chi connectivity index (χ4n) is 1.38. The van der Waals surface area contributed by atoms with Gasteiger partial charge in [0, 0.05) is 22.3 Å². The third-order valence-electron chi connectivity index (χ3n) is 2.33. The van der Waals surface area contributed by atoms with Gasteiger partial charge in [0.2, 0.25) is 11.8 Å². The smallest absolute Gasteiger partial charge is 0.239 e. The first-order chi connectivity index (χ1) is 9.52. The van der Waals surface area contributed by atoms with E-state index in [-0.39, 0.29) is 24.1 Å². The average molecular weight is 335 g/mol. The van der Waals surface area contributed by atoms with Crippen LogP contribution >= 0.6 is 35.0 Å². The van der Waals surface area contributed by atoms with Crippen molar-refractivity contribution in [1.29, 1.82) is 0 Å². The molecule has 0 atom stereocenters. The Kier molecular flexibility index (Phi) is 7.80. The minimum Gasteiger partial charge on any atom is -0.355 e. The number of hydrogen-bond acceptors (Lipinski definition) is 3. The molecule has 0 saturated carbocycles. The third-order valence-corrected chi connectivity index (χ3v) is 3.89. The zero-order valence-corrected chi connectivity index (χ0v) is 13.4. The minimum absolute atomic E-state index is 0.00886. The summed E-state index contributed by atoms with van der Waals surface area (Å²) in [5.41, 5.74) is 0.928. The molecule has 0 aromatic heterocycles. The topological polar surface area (TPSA) is 58.2 Å². The lowest BCUT2D eigenvalue weighted by Crippen LogP contribution is -2.37. The molecule has 2 amide bonds. The quantitative estimate of drug-likeness (QED) is 0.805. The number of benzene rings is 1. The number of nitrogens with one attached hydrogen (secondary N) is 2. The van der Waals surface area contributed by atoms with E-state index in [0.29, 0.717) is 22.3 Å². The van der Waals surface area contributed by atoms with Gasteiger partial charge in [0.05, 0.1) is 12.3 Å². The van der Waals surface area contributed by atoms with Gasteiger partial charge >= 0.3 is 0 Å². The summed E-state index contributed by atoms with van der Waals surface area (Å²) in [4.78, 5) is 22.7. The first kappa shape index (κ1) is 17.1. The predicted molar refractivity (Wildman–Crippen MR) is 84.3 cm³/mol. The molecule has 0 aliphatic carbocycles. The largest absolute Gasteiger partial charge is 0.355 e. The maximum Gasteiger partial charge on any atom is 0.239 e. The van der Waals surface area contributed by atoms with Crippen LogP contribution in [0.1, 0.15) is 12.5 Å². The van der Waals surface area contributed by atoms with Gasteiger partial charge in [-0.05, 0) is 24.6 Å². The molecule has 1 rings (SSSR count). The molecule has 0 spiro atoms. The van der Waals surface area contributed by atoms with Crippen LogP contribution in [0.3, 0.4) is 0 Å². The second-order valence-electron chi connectivity index (χ2n) is 3.96. The summed E-state index contributed by atoms with van der Waals surface area (Å²) in [7, 11) is 0. The number of halogens is 2. The lowest BCUT2D eigenvalue weighted by Gasteiger charge is -2.06. The maximum absolute atomic E-state index is 11.5. The van der Waals surface area contributed by atoms with E-state index in [1.807, 2.05) is 13.0 Å². The number of carbonyl (C=O) groups excluding carboxylic acids is 2. The van der Waals surface area contributed by atoms with E-state index >= 15 is 0 Å². The van der Waals surface area contributed by atoms with Crippen molar-refractivity contribution in [3.63, 3.8) is 0 Å². The molecule has 2 N–H and O–H groups in total. The molecule has 1 aromatic carbocycles. The summed E-state index contributed by atoms with van der Waals surface area (Å²) in [5, 5.41) is 6.33. The van der Waals surface area contributed by atoms with Crippen LogP contribution < -0.4 is 10.6 Å². The van der Waals surface area contributed by atoms with Gasteiger partial charge in [-0.1, -0.05) is 29.3 Å². The standard InChI is InChI=1S/C13H16Cl2N2O2S/c1-2-16-12(18)6-17-13(19)8-20-7-9-3-4-10(14)5-11(9)15/h3-5H,2,6-8H2,1H3,(H,16,18)(H,17,19). The SMILES string of the molecule is CCNC(=O)CNC(=O)CSCc1ccc(Cl)cc1Cl. The minimum atomic E-state index is -0.188. The molecule has 20 heavy (non-hydrogen) atoms. The summed E-state index contributed by atoms with van der Waals surface area (Å²) < 4.78 is 0. The molecule has 0 fully saturated rings. The second kappa shape index (κ2) is 9.10. The zero-order valence-electron chi connectivity index (χ0n) is 11.0. The summed E-state index contributed by atoms with van der Waals surface area (Å²) in [6.45, 7) is 2.39. The number of hydrogen-bond donors (Lipinski definition) is 2. The Labute approximate surface area is 132 Å². The van der Waals surface area contributed by atoms with Gasteiger partial charge in [-0.3, -0.25) is 9.59 Å². The van der Waals surface area contributed by atoms with Gasteiger partial charge in [0.25, 0.3) is 0 Å². The molecular weight excluding hydrogens is 319 g/mol. The average Bonchev–Trinajstić information content (AvgIpc) is 2.39. The van der Waals surface area contributed by atoms with Crippen LogP contribution in [0, 0.1) is 0 Å². The molecule has 0 aliphatic heterocycles. The lowest BCUT2D eigenvalue weighted by molar-refractivity contribution is -0.124. The Morgan fingerprint density at radius 2 is 1.95 bits per heavy atom. The van der Waals surface area contributed by atoms with Crippen molar-refractivity contribution in [3.05, 3.63) is 33.8 Å². The highest BCUT2D eigenvalue weighted by atomic mass is 35.5. The molecular formula is C13H16Cl2N2O2S. The maximum atomic E-state index is 11.5. The lowest BCUT2D eigenvalue weighted by atomic mass is 10.2. The number of likely N-dealkylation sites (N-methyl/N-ethyl adjacent to an activating group) is 1. The Bertz CT molecular complexity index is 483. The van der Waals surface area contributed by atoms with Gasteiger partial charge in [0.1, 0.15) is 0 Å². The summed E-state index contributed by atoms with van der Waals surface area (Å²) in [6.07, 6.45) is 0. The van der Waals surface area contributed by atoms with Crippen molar-refractivity contribution in [2.75, 3.05) is 18.8 Å². The Morgan fingerprint density at radius 1 is 1.20 bits per heavy atom. The summed E-state index contributed by atoms with van der Waals surface area (Å²) in [5.74, 6) is 0.529. The van der Waals surface area contributed by atoms with E-state index in [9.17, 15) is 9.59 Å². The highest BCUT2D eigenvalue weighted by Gasteiger charge is 2.06.